The number of hydrogen-bond acceptors (Lipinski definition) is 6. The summed E-state index contributed by atoms with van der Waals surface area (Å²) in [6, 6.07) is 10.3. The van der Waals surface area contributed by atoms with Crippen LogP contribution in [0.4, 0.5) is 26.4 Å². The van der Waals surface area contributed by atoms with Gasteiger partial charge in [0, 0.05) is 5.69 Å². The number of imidazole rings is 1. The maximum atomic E-state index is 13.8. The Morgan fingerprint density at radius 3 is 2.46 bits per heavy atom. The van der Waals surface area contributed by atoms with Gasteiger partial charge in [-0.05, 0) is 29.8 Å². The predicted octanol–water partition coefficient (Wildman–Crippen LogP) is 2.96. The van der Waals surface area contributed by atoms with E-state index in [1.165, 1.54) is 0 Å². The average molecular weight is 381 g/mol. The first kappa shape index (κ1) is 17.3. The monoisotopic (exact) mass is 381 g/mol. The number of carbonyl (C=O) groups excluding carboxylic acids is 1. The molecule has 2 aromatic carbocycles. The third-order valence-corrected chi connectivity index (χ3v) is 3.95. The number of aromatic nitrogens is 5. The summed E-state index contributed by atoms with van der Waals surface area (Å²) in [5.41, 5.74) is 7.35. The van der Waals surface area contributed by atoms with Gasteiger partial charge in [0.1, 0.15) is 17.2 Å². The molecule has 0 fully saturated rings. The van der Waals surface area contributed by atoms with E-state index < -0.39 is 23.1 Å². The van der Waals surface area contributed by atoms with Gasteiger partial charge in [0.2, 0.25) is 11.9 Å². The van der Waals surface area contributed by atoms with Gasteiger partial charge in [-0.15, -0.1) is 5.10 Å². The fourth-order valence-corrected chi connectivity index (χ4v) is 2.61. The third kappa shape index (κ3) is 3.18. The smallest absolute Gasteiger partial charge is 0.287 e. The van der Waals surface area contributed by atoms with E-state index in [0.29, 0.717) is 10.4 Å². The summed E-state index contributed by atoms with van der Waals surface area (Å²) in [5.74, 6) is -3.36. The highest BCUT2D eigenvalue weighted by Gasteiger charge is 2.22. The molecule has 2 aromatic heterocycles. The number of halogens is 2. The highest BCUT2D eigenvalue weighted by Crippen LogP contribution is 2.21. The lowest BCUT2D eigenvalue weighted by atomic mass is 10.1. The van der Waals surface area contributed by atoms with Crippen LogP contribution in [0.2, 0.25) is 0 Å². The van der Waals surface area contributed by atoms with Crippen LogP contribution in [-0.4, -0.2) is 30.6 Å². The lowest BCUT2D eigenvalue weighted by molar-refractivity contribution is 0.0939. The minimum atomic E-state index is -1.05. The van der Waals surface area contributed by atoms with Crippen molar-refractivity contribution < 1.29 is 13.6 Å². The van der Waals surface area contributed by atoms with Gasteiger partial charge in [-0.25, -0.2) is 13.8 Å². The molecule has 4 rings (SSSR count). The Morgan fingerprint density at radius 1 is 1.11 bits per heavy atom. The van der Waals surface area contributed by atoms with Crippen molar-refractivity contribution in [2.75, 3.05) is 11.1 Å². The van der Waals surface area contributed by atoms with E-state index in [9.17, 15) is 13.6 Å². The Hall–Kier alpha value is -4.08. The summed E-state index contributed by atoms with van der Waals surface area (Å²) in [7, 11) is 0. The number of aromatic amines is 1. The number of benzene rings is 2. The molecule has 0 spiro atoms. The van der Waals surface area contributed by atoms with Crippen molar-refractivity contribution in [3.8, 4) is 11.3 Å². The van der Waals surface area contributed by atoms with E-state index in [0.717, 1.165) is 29.5 Å². The minimum Gasteiger partial charge on any atom is -0.368 e. The predicted molar refractivity (Wildman–Crippen MR) is 97.8 cm³/mol. The van der Waals surface area contributed by atoms with E-state index >= 15 is 0 Å². The zero-order valence-electron chi connectivity index (χ0n) is 14.2. The molecule has 4 N–H and O–H groups in total. The minimum absolute atomic E-state index is 0.0110. The molecule has 0 saturated carbocycles. The van der Waals surface area contributed by atoms with Crippen LogP contribution >= 0.6 is 0 Å². The second-order valence-electron chi connectivity index (χ2n) is 5.77. The molecule has 28 heavy (non-hydrogen) atoms. The molecule has 0 atom stereocenters. The van der Waals surface area contributed by atoms with Gasteiger partial charge in [0.05, 0.1) is 18.2 Å². The summed E-state index contributed by atoms with van der Waals surface area (Å²) >= 11 is 0. The molecular formula is C18H13F2N7O. The van der Waals surface area contributed by atoms with E-state index in [1.54, 1.807) is 24.7 Å². The second-order valence-corrected chi connectivity index (χ2v) is 5.77. The molecule has 0 bridgehead atoms. The Kier molecular flexibility index (Phi) is 4.28. The van der Waals surface area contributed by atoms with Gasteiger partial charge in [0.15, 0.2) is 0 Å². The van der Waals surface area contributed by atoms with Crippen LogP contribution in [-0.2, 0) is 0 Å². The Balaban J connectivity index is 1.57. The van der Waals surface area contributed by atoms with Crippen LogP contribution in [0, 0.1) is 11.6 Å². The van der Waals surface area contributed by atoms with Gasteiger partial charge in [-0.2, -0.15) is 9.67 Å². The van der Waals surface area contributed by atoms with Crippen molar-refractivity contribution >= 4 is 23.5 Å². The summed E-state index contributed by atoms with van der Waals surface area (Å²) in [6.07, 6.45) is 3.27. The van der Waals surface area contributed by atoms with Crippen molar-refractivity contribution in [3.63, 3.8) is 0 Å². The number of anilines is 3. The number of nitrogens with two attached hydrogens (primary N) is 1. The molecule has 0 radical (unpaired) electrons. The summed E-state index contributed by atoms with van der Waals surface area (Å²) < 4.78 is 28.3. The molecule has 0 unspecified atom stereocenters. The van der Waals surface area contributed by atoms with Gasteiger partial charge in [0.25, 0.3) is 5.91 Å². The normalized spacial score (nSPS) is 10.8. The van der Waals surface area contributed by atoms with Gasteiger partial charge >= 0.3 is 0 Å². The Bertz CT molecular complexity index is 1120. The number of nitrogens with one attached hydrogen (secondary N) is 2. The zero-order valence-corrected chi connectivity index (χ0v) is 14.2. The molecule has 2 heterocycles. The molecule has 0 aliphatic heterocycles. The fraction of sp³-hybridized carbons (Fsp3) is 0. The molecule has 4 aromatic rings. The van der Waals surface area contributed by atoms with Crippen molar-refractivity contribution in [1.82, 2.24) is 24.7 Å². The second kappa shape index (κ2) is 6.91. The molecule has 0 aliphatic rings. The Labute approximate surface area is 157 Å². The van der Waals surface area contributed by atoms with Crippen LogP contribution < -0.4 is 11.1 Å². The van der Waals surface area contributed by atoms with Crippen LogP contribution in [0.1, 0.15) is 10.4 Å². The Morgan fingerprint density at radius 2 is 1.82 bits per heavy atom. The van der Waals surface area contributed by atoms with Gasteiger partial charge in [-0.1, -0.05) is 18.2 Å². The largest absolute Gasteiger partial charge is 0.368 e. The zero-order chi connectivity index (χ0) is 19.7. The number of rotatable bonds is 4. The highest BCUT2D eigenvalue weighted by molar-refractivity contribution is 5.97. The number of nitrogens with zero attached hydrogens (tertiary/aromatic N) is 4. The van der Waals surface area contributed by atoms with E-state index in [1.807, 2.05) is 12.1 Å². The summed E-state index contributed by atoms with van der Waals surface area (Å²) in [5, 5.41) is 6.79. The van der Waals surface area contributed by atoms with Crippen molar-refractivity contribution in [2.24, 2.45) is 0 Å². The first-order chi connectivity index (χ1) is 13.5. The van der Waals surface area contributed by atoms with Gasteiger partial charge in [-0.3, -0.25) is 4.79 Å². The molecule has 0 aliphatic carbocycles. The number of H-pyrrole nitrogens is 1. The molecule has 10 heteroatoms. The van der Waals surface area contributed by atoms with Crippen LogP contribution in [0.15, 0.2) is 55.0 Å². The number of carbonyl (C=O) groups is 1. The average Bonchev–Trinajstić information content (AvgIpc) is 3.32. The van der Waals surface area contributed by atoms with E-state index in [2.05, 4.69) is 25.4 Å². The molecule has 8 nitrogen and oxygen atoms in total. The standard InChI is InChI=1S/C18H13F2N7O/c19-12-2-1-3-13(20)15(12)16(28)27-17(21)25-18(26-27)24-11-6-4-10(5-7-11)14-8-22-9-23-14/h1-9H,(H,22,23)(H3,21,24,25,26). The van der Waals surface area contributed by atoms with Gasteiger partial charge < -0.3 is 16.0 Å². The van der Waals surface area contributed by atoms with Crippen molar-refractivity contribution in [2.45, 2.75) is 0 Å². The quantitative estimate of drug-likeness (QED) is 0.501. The number of hydrogen-bond donors (Lipinski definition) is 3. The molecule has 140 valence electrons. The molecule has 0 saturated heterocycles. The summed E-state index contributed by atoms with van der Waals surface area (Å²) in [6.45, 7) is 0. The third-order valence-electron chi connectivity index (χ3n) is 3.95. The van der Waals surface area contributed by atoms with E-state index in [-0.39, 0.29) is 11.9 Å². The van der Waals surface area contributed by atoms with Crippen molar-refractivity contribution in [1.29, 1.82) is 0 Å². The first-order valence-electron chi connectivity index (χ1n) is 8.10. The molecule has 0 amide bonds. The van der Waals surface area contributed by atoms with Crippen LogP contribution in [0.3, 0.4) is 0 Å². The SMILES string of the molecule is Nc1nc(Nc2ccc(-c3cnc[nH]3)cc2)nn1C(=O)c1c(F)cccc1F. The fourth-order valence-electron chi connectivity index (χ4n) is 2.61. The summed E-state index contributed by atoms with van der Waals surface area (Å²) in [4.78, 5) is 23.3. The van der Waals surface area contributed by atoms with Crippen LogP contribution in [0.5, 0.6) is 0 Å². The lowest BCUT2D eigenvalue weighted by Gasteiger charge is -2.04. The highest BCUT2D eigenvalue weighted by atomic mass is 19.1. The number of nitrogen functional groups attached to an aromatic ring is 1. The van der Waals surface area contributed by atoms with Crippen molar-refractivity contribution in [3.05, 3.63) is 72.2 Å². The topological polar surface area (TPSA) is 115 Å². The lowest BCUT2D eigenvalue weighted by Crippen LogP contribution is -2.19. The maximum Gasteiger partial charge on any atom is 0.287 e. The maximum absolute atomic E-state index is 13.8. The molecular weight excluding hydrogens is 368 g/mol. The first-order valence-corrected chi connectivity index (χ1v) is 8.10. The van der Waals surface area contributed by atoms with E-state index in [4.69, 9.17) is 5.73 Å². The van der Waals surface area contributed by atoms with Crippen LogP contribution in [0.25, 0.3) is 11.3 Å².